The van der Waals surface area contributed by atoms with Crippen molar-refractivity contribution in [2.24, 2.45) is 5.92 Å². The van der Waals surface area contributed by atoms with E-state index >= 15 is 0 Å². The summed E-state index contributed by atoms with van der Waals surface area (Å²) in [5.74, 6) is 1.44. The van der Waals surface area contributed by atoms with Crippen LogP contribution in [0, 0.1) is 12.8 Å². The lowest BCUT2D eigenvalue weighted by Gasteiger charge is -2.16. The van der Waals surface area contributed by atoms with Crippen LogP contribution in [-0.2, 0) is 13.1 Å². The average Bonchev–Trinajstić information content (AvgIpc) is 3.22. The number of nitrogens with zero attached hydrogens (tertiary/aromatic N) is 5. The summed E-state index contributed by atoms with van der Waals surface area (Å²) in [6.07, 6.45) is 4.33. The Hall–Kier alpha value is -2.28. The number of aromatic nitrogens is 4. The van der Waals surface area contributed by atoms with Crippen molar-refractivity contribution in [3.05, 3.63) is 41.7 Å². The summed E-state index contributed by atoms with van der Waals surface area (Å²) < 4.78 is 1.93. The third kappa shape index (κ3) is 3.97. The summed E-state index contributed by atoms with van der Waals surface area (Å²) in [5, 5.41) is 7.23. The van der Waals surface area contributed by atoms with E-state index in [-0.39, 0.29) is 5.91 Å². The van der Waals surface area contributed by atoms with Crippen LogP contribution in [0.15, 0.2) is 24.7 Å². The highest BCUT2D eigenvalue weighted by molar-refractivity contribution is 5.93. The maximum Gasteiger partial charge on any atom is 0.252 e. The van der Waals surface area contributed by atoms with Gasteiger partial charge < -0.3 is 5.32 Å². The largest absolute Gasteiger partial charge is 0.352 e. The van der Waals surface area contributed by atoms with Crippen LogP contribution in [0.3, 0.4) is 0 Å². The topological polar surface area (TPSA) is 75.9 Å². The number of hydrogen-bond acceptors (Lipinski definition) is 5. The monoisotopic (exact) mass is 328 g/mol. The summed E-state index contributed by atoms with van der Waals surface area (Å²) in [6, 6.07) is 3.67. The number of carbonyl (C=O) groups is 1. The Balaban J connectivity index is 1.46. The van der Waals surface area contributed by atoms with Gasteiger partial charge in [0.2, 0.25) is 0 Å². The van der Waals surface area contributed by atoms with E-state index in [0.717, 1.165) is 44.1 Å². The molecule has 7 heteroatoms. The summed E-state index contributed by atoms with van der Waals surface area (Å²) in [5.41, 5.74) is 1.53. The molecule has 1 atom stereocenters. The highest BCUT2D eigenvalue weighted by atomic mass is 16.1. The SMILES string of the molecule is CCn1ncnc1CN1CC[C@@H](CNC(=O)c2ccc(C)nc2)C1. The third-order valence-corrected chi connectivity index (χ3v) is 4.46. The molecule has 0 radical (unpaired) electrons. The van der Waals surface area contributed by atoms with Crippen molar-refractivity contribution in [3.8, 4) is 0 Å². The second-order valence-corrected chi connectivity index (χ2v) is 6.28. The van der Waals surface area contributed by atoms with Crippen LogP contribution in [0.5, 0.6) is 0 Å². The second kappa shape index (κ2) is 7.53. The number of hydrogen-bond donors (Lipinski definition) is 1. The number of nitrogens with one attached hydrogen (secondary N) is 1. The van der Waals surface area contributed by atoms with Gasteiger partial charge in [-0.05, 0) is 44.9 Å². The van der Waals surface area contributed by atoms with Crippen LogP contribution >= 0.6 is 0 Å². The van der Waals surface area contributed by atoms with E-state index in [0.29, 0.717) is 18.0 Å². The molecule has 1 N–H and O–H groups in total. The molecule has 3 heterocycles. The minimum Gasteiger partial charge on any atom is -0.352 e. The van der Waals surface area contributed by atoms with Gasteiger partial charge in [0.15, 0.2) is 0 Å². The average molecular weight is 328 g/mol. The molecule has 1 saturated heterocycles. The summed E-state index contributed by atoms with van der Waals surface area (Å²) in [6.45, 7) is 8.35. The summed E-state index contributed by atoms with van der Waals surface area (Å²) in [4.78, 5) is 23.0. The molecule has 2 aromatic heterocycles. The molecule has 3 rings (SSSR count). The Bertz CT molecular complexity index is 681. The number of likely N-dealkylation sites (tertiary alicyclic amines) is 1. The van der Waals surface area contributed by atoms with Crippen LogP contribution in [-0.4, -0.2) is 50.2 Å². The third-order valence-electron chi connectivity index (χ3n) is 4.46. The standard InChI is InChI=1S/C17H24N6O/c1-3-23-16(20-12-21-23)11-22-7-6-14(10-22)8-19-17(24)15-5-4-13(2)18-9-15/h4-5,9,12,14H,3,6-8,10-11H2,1-2H3,(H,19,24)/t14-/m0/s1. The zero-order valence-corrected chi connectivity index (χ0v) is 14.3. The normalized spacial score (nSPS) is 18.0. The quantitative estimate of drug-likeness (QED) is 0.864. The fourth-order valence-electron chi connectivity index (χ4n) is 3.04. The Kier molecular flexibility index (Phi) is 5.20. The number of aryl methyl sites for hydroxylation is 2. The van der Waals surface area contributed by atoms with Crippen molar-refractivity contribution in [3.63, 3.8) is 0 Å². The lowest BCUT2D eigenvalue weighted by molar-refractivity contribution is 0.0947. The van der Waals surface area contributed by atoms with E-state index in [1.807, 2.05) is 23.7 Å². The Morgan fingerprint density at radius 3 is 3.00 bits per heavy atom. The fraction of sp³-hybridized carbons (Fsp3) is 0.529. The van der Waals surface area contributed by atoms with Gasteiger partial charge in [0.25, 0.3) is 5.91 Å². The molecular weight excluding hydrogens is 304 g/mol. The van der Waals surface area contributed by atoms with Crippen LogP contribution in [0.4, 0.5) is 0 Å². The van der Waals surface area contributed by atoms with Crippen molar-refractivity contribution in [1.82, 2.24) is 30.0 Å². The first kappa shape index (κ1) is 16.6. The zero-order valence-electron chi connectivity index (χ0n) is 14.3. The zero-order chi connectivity index (χ0) is 16.9. The van der Waals surface area contributed by atoms with E-state index in [1.54, 1.807) is 12.5 Å². The van der Waals surface area contributed by atoms with Gasteiger partial charge in [0.05, 0.1) is 12.1 Å². The number of carbonyl (C=O) groups excluding carboxylic acids is 1. The highest BCUT2D eigenvalue weighted by Crippen LogP contribution is 2.17. The van der Waals surface area contributed by atoms with Crippen molar-refractivity contribution < 1.29 is 4.79 Å². The first-order chi connectivity index (χ1) is 11.7. The van der Waals surface area contributed by atoms with Gasteiger partial charge in [-0.25, -0.2) is 9.67 Å². The smallest absolute Gasteiger partial charge is 0.252 e. The molecule has 1 fully saturated rings. The van der Waals surface area contributed by atoms with Crippen molar-refractivity contribution >= 4 is 5.91 Å². The first-order valence-electron chi connectivity index (χ1n) is 8.45. The first-order valence-corrected chi connectivity index (χ1v) is 8.45. The maximum absolute atomic E-state index is 12.1. The molecule has 24 heavy (non-hydrogen) atoms. The molecular formula is C17H24N6O. The predicted molar refractivity (Wildman–Crippen MR) is 90.4 cm³/mol. The predicted octanol–water partition coefficient (Wildman–Crippen LogP) is 1.25. The van der Waals surface area contributed by atoms with E-state index in [1.165, 1.54) is 0 Å². The van der Waals surface area contributed by atoms with Crippen molar-refractivity contribution in [1.29, 1.82) is 0 Å². The van der Waals surface area contributed by atoms with Crippen molar-refractivity contribution in [2.75, 3.05) is 19.6 Å². The minimum absolute atomic E-state index is 0.0494. The van der Waals surface area contributed by atoms with Gasteiger partial charge in [0.1, 0.15) is 12.2 Å². The number of pyridine rings is 1. The Morgan fingerprint density at radius 1 is 1.38 bits per heavy atom. The van der Waals surface area contributed by atoms with Gasteiger partial charge in [-0.3, -0.25) is 14.7 Å². The molecule has 0 unspecified atom stereocenters. The van der Waals surface area contributed by atoms with Crippen LogP contribution < -0.4 is 5.32 Å². The molecule has 0 saturated carbocycles. The number of amides is 1. The van der Waals surface area contributed by atoms with Gasteiger partial charge in [-0.1, -0.05) is 0 Å². The van der Waals surface area contributed by atoms with Crippen LogP contribution in [0.1, 0.15) is 35.2 Å². The molecule has 1 amide bonds. The molecule has 1 aliphatic heterocycles. The van der Waals surface area contributed by atoms with Gasteiger partial charge in [-0.15, -0.1) is 0 Å². The molecule has 128 valence electrons. The molecule has 0 bridgehead atoms. The molecule has 7 nitrogen and oxygen atoms in total. The van der Waals surface area contributed by atoms with Crippen LogP contribution in [0.2, 0.25) is 0 Å². The minimum atomic E-state index is -0.0494. The second-order valence-electron chi connectivity index (χ2n) is 6.28. The lowest BCUT2D eigenvalue weighted by Crippen LogP contribution is -2.31. The van der Waals surface area contributed by atoms with E-state index in [9.17, 15) is 4.79 Å². The van der Waals surface area contributed by atoms with Crippen molar-refractivity contribution in [2.45, 2.75) is 33.4 Å². The maximum atomic E-state index is 12.1. The van der Waals surface area contributed by atoms with Gasteiger partial charge in [-0.2, -0.15) is 5.10 Å². The van der Waals surface area contributed by atoms with Crippen LogP contribution in [0.25, 0.3) is 0 Å². The fourth-order valence-corrected chi connectivity index (χ4v) is 3.04. The molecule has 0 aromatic carbocycles. The highest BCUT2D eigenvalue weighted by Gasteiger charge is 2.24. The molecule has 0 aliphatic carbocycles. The molecule has 2 aromatic rings. The Morgan fingerprint density at radius 2 is 2.25 bits per heavy atom. The van der Waals surface area contributed by atoms with Gasteiger partial charge >= 0.3 is 0 Å². The van der Waals surface area contributed by atoms with E-state index in [4.69, 9.17) is 0 Å². The van der Waals surface area contributed by atoms with Gasteiger partial charge in [0, 0.05) is 31.5 Å². The molecule has 1 aliphatic rings. The number of rotatable bonds is 6. The molecule has 0 spiro atoms. The summed E-state index contributed by atoms with van der Waals surface area (Å²) in [7, 11) is 0. The summed E-state index contributed by atoms with van der Waals surface area (Å²) >= 11 is 0. The Labute approximate surface area is 142 Å². The van der Waals surface area contributed by atoms with E-state index in [2.05, 4.69) is 32.2 Å². The lowest BCUT2D eigenvalue weighted by atomic mass is 10.1. The van der Waals surface area contributed by atoms with E-state index < -0.39 is 0 Å².